The van der Waals surface area contributed by atoms with Crippen molar-refractivity contribution in [1.82, 2.24) is 25.1 Å². The first-order valence-electron chi connectivity index (χ1n) is 8.82. The van der Waals surface area contributed by atoms with Crippen molar-refractivity contribution in [1.29, 1.82) is 0 Å². The summed E-state index contributed by atoms with van der Waals surface area (Å²) in [7, 11) is 2.15. The number of carbonyl (C=O) groups is 1. The van der Waals surface area contributed by atoms with Crippen molar-refractivity contribution in [3.8, 4) is 0 Å². The van der Waals surface area contributed by atoms with E-state index in [-0.39, 0.29) is 24.1 Å². The maximum Gasteiger partial charge on any atom is 0.251 e. The van der Waals surface area contributed by atoms with Gasteiger partial charge in [-0.05, 0) is 59.3 Å². The topological polar surface area (TPSA) is 81.3 Å². The van der Waals surface area contributed by atoms with E-state index in [1.807, 2.05) is 0 Å². The maximum absolute atomic E-state index is 12.6. The van der Waals surface area contributed by atoms with Gasteiger partial charge in [-0.15, -0.1) is 0 Å². The third kappa shape index (κ3) is 4.02. The molecule has 2 aliphatic heterocycles. The average molecular weight is 333 g/mol. The second-order valence-electron chi connectivity index (χ2n) is 6.98. The minimum absolute atomic E-state index is 0.0464. The summed E-state index contributed by atoms with van der Waals surface area (Å²) >= 11 is 0. The van der Waals surface area contributed by atoms with Crippen molar-refractivity contribution < 1.29 is 4.79 Å². The van der Waals surface area contributed by atoms with Gasteiger partial charge in [-0.2, -0.15) is 0 Å². The second-order valence-corrected chi connectivity index (χ2v) is 6.98. The predicted molar refractivity (Wildman–Crippen MR) is 91.7 cm³/mol. The largest absolute Gasteiger partial charge is 0.348 e. The number of aromatic nitrogens is 2. The molecule has 0 radical (unpaired) electrons. The van der Waals surface area contributed by atoms with Crippen LogP contribution in [0.15, 0.2) is 10.9 Å². The van der Waals surface area contributed by atoms with Crippen molar-refractivity contribution in [2.75, 3.05) is 26.7 Å². The molecule has 7 nitrogen and oxygen atoms in total. The second kappa shape index (κ2) is 7.44. The van der Waals surface area contributed by atoms with Crippen LogP contribution in [0.5, 0.6) is 0 Å². The number of rotatable bonds is 4. The summed E-state index contributed by atoms with van der Waals surface area (Å²) in [6.07, 6.45) is 4.25. The lowest BCUT2D eigenvalue weighted by atomic mass is 10.0. The Morgan fingerprint density at radius 2 is 2.08 bits per heavy atom. The molecule has 0 aliphatic carbocycles. The van der Waals surface area contributed by atoms with Crippen LogP contribution in [0.3, 0.4) is 0 Å². The number of hydrogen-bond donors (Lipinski definition) is 2. The molecular weight excluding hydrogens is 306 g/mol. The molecule has 2 fully saturated rings. The normalized spacial score (nSPS) is 23.5. The molecule has 3 rings (SSSR count). The maximum atomic E-state index is 12.6. The van der Waals surface area contributed by atoms with E-state index in [0.717, 1.165) is 45.3 Å². The van der Waals surface area contributed by atoms with Gasteiger partial charge in [0, 0.05) is 17.8 Å². The van der Waals surface area contributed by atoms with E-state index in [0.29, 0.717) is 17.6 Å². The van der Waals surface area contributed by atoms with Crippen molar-refractivity contribution in [3.63, 3.8) is 0 Å². The zero-order chi connectivity index (χ0) is 17.1. The molecule has 2 aliphatic rings. The van der Waals surface area contributed by atoms with Crippen LogP contribution in [-0.4, -0.2) is 64.4 Å². The van der Waals surface area contributed by atoms with Gasteiger partial charge in [-0.3, -0.25) is 14.5 Å². The first-order valence-corrected chi connectivity index (χ1v) is 8.82. The number of aryl methyl sites for hydroxylation is 1. The third-order valence-electron chi connectivity index (χ3n) is 5.10. The number of likely N-dealkylation sites (tertiary alicyclic amines) is 2. The fourth-order valence-corrected chi connectivity index (χ4v) is 3.85. The number of hydrogen-bond acceptors (Lipinski definition) is 5. The van der Waals surface area contributed by atoms with Gasteiger partial charge in [0.1, 0.15) is 5.82 Å². The number of carbonyl (C=O) groups excluding carboxylic acids is 1. The molecular formula is C17H27N5O2. The molecule has 1 aromatic heterocycles. The highest BCUT2D eigenvalue weighted by atomic mass is 16.2. The van der Waals surface area contributed by atoms with Crippen LogP contribution >= 0.6 is 0 Å². The molecule has 3 heterocycles. The van der Waals surface area contributed by atoms with Gasteiger partial charge in [0.25, 0.3) is 5.56 Å². The van der Waals surface area contributed by atoms with Crippen molar-refractivity contribution in [2.24, 2.45) is 0 Å². The van der Waals surface area contributed by atoms with Crippen molar-refractivity contribution in [3.05, 3.63) is 27.9 Å². The fourth-order valence-electron chi connectivity index (χ4n) is 3.85. The van der Waals surface area contributed by atoms with E-state index < -0.39 is 0 Å². The van der Waals surface area contributed by atoms with E-state index in [1.165, 1.54) is 6.07 Å². The Bertz CT molecular complexity index is 636. The Morgan fingerprint density at radius 3 is 2.79 bits per heavy atom. The molecule has 24 heavy (non-hydrogen) atoms. The SMILES string of the molecule is Cc1cc(=O)[nH]c(CNC(=O)[C@@H]2CCCN2C2CCN(C)CC2)n1. The lowest BCUT2D eigenvalue weighted by molar-refractivity contribution is -0.126. The van der Waals surface area contributed by atoms with Crippen molar-refractivity contribution in [2.45, 2.75) is 51.2 Å². The van der Waals surface area contributed by atoms with Crippen LogP contribution < -0.4 is 10.9 Å². The van der Waals surface area contributed by atoms with Crippen LogP contribution in [0, 0.1) is 6.92 Å². The van der Waals surface area contributed by atoms with Gasteiger partial charge in [0.2, 0.25) is 5.91 Å². The number of piperidine rings is 1. The Balaban J connectivity index is 1.58. The summed E-state index contributed by atoms with van der Waals surface area (Å²) in [6.45, 7) is 5.26. The lowest BCUT2D eigenvalue weighted by Gasteiger charge is -2.37. The third-order valence-corrected chi connectivity index (χ3v) is 5.10. The number of H-pyrrole nitrogens is 1. The molecule has 1 amide bonds. The van der Waals surface area contributed by atoms with Gasteiger partial charge in [-0.1, -0.05) is 0 Å². The van der Waals surface area contributed by atoms with E-state index in [9.17, 15) is 9.59 Å². The molecule has 0 saturated carbocycles. The summed E-state index contributed by atoms with van der Waals surface area (Å²) in [6, 6.07) is 1.91. The van der Waals surface area contributed by atoms with Gasteiger partial charge in [-0.25, -0.2) is 4.98 Å². The number of amides is 1. The van der Waals surface area contributed by atoms with Gasteiger partial charge in [0.15, 0.2) is 0 Å². The summed E-state index contributed by atoms with van der Waals surface area (Å²) in [5, 5.41) is 2.95. The standard InChI is InChI=1S/C17H27N5O2/c1-12-10-16(23)20-15(19-12)11-18-17(24)14-4-3-7-22(14)13-5-8-21(2)9-6-13/h10,13-14H,3-9,11H2,1-2H3,(H,18,24)(H,19,20,23)/t14-/m0/s1. The smallest absolute Gasteiger partial charge is 0.251 e. The molecule has 0 unspecified atom stereocenters. The van der Waals surface area contributed by atoms with Crippen LogP contribution in [0.2, 0.25) is 0 Å². The Labute approximate surface area is 142 Å². The molecule has 7 heteroatoms. The average Bonchev–Trinajstić information content (AvgIpc) is 3.02. The summed E-state index contributed by atoms with van der Waals surface area (Å²) in [5.74, 6) is 0.563. The molecule has 2 N–H and O–H groups in total. The predicted octanol–water partition coefficient (Wildman–Crippen LogP) is 0.253. The number of aromatic amines is 1. The highest BCUT2D eigenvalue weighted by molar-refractivity contribution is 5.82. The van der Waals surface area contributed by atoms with Crippen LogP contribution in [-0.2, 0) is 11.3 Å². The molecule has 2 saturated heterocycles. The van der Waals surface area contributed by atoms with E-state index in [1.54, 1.807) is 6.92 Å². The highest BCUT2D eigenvalue weighted by Crippen LogP contribution is 2.25. The van der Waals surface area contributed by atoms with Crippen LogP contribution in [0.4, 0.5) is 0 Å². The zero-order valence-corrected chi connectivity index (χ0v) is 14.5. The number of nitrogens with zero attached hydrogens (tertiary/aromatic N) is 3. The van der Waals surface area contributed by atoms with Gasteiger partial charge >= 0.3 is 0 Å². The first-order chi connectivity index (χ1) is 11.5. The molecule has 0 spiro atoms. The minimum atomic E-state index is -0.180. The highest BCUT2D eigenvalue weighted by Gasteiger charge is 2.36. The lowest BCUT2D eigenvalue weighted by Crippen LogP contribution is -2.50. The molecule has 132 valence electrons. The van der Waals surface area contributed by atoms with E-state index >= 15 is 0 Å². The molecule has 1 atom stereocenters. The molecule has 0 bridgehead atoms. The Morgan fingerprint density at radius 1 is 1.33 bits per heavy atom. The first kappa shape index (κ1) is 17.1. The minimum Gasteiger partial charge on any atom is -0.348 e. The van der Waals surface area contributed by atoms with E-state index in [4.69, 9.17) is 0 Å². The zero-order valence-electron chi connectivity index (χ0n) is 14.5. The van der Waals surface area contributed by atoms with Crippen LogP contribution in [0.1, 0.15) is 37.2 Å². The Kier molecular flexibility index (Phi) is 5.30. The molecule has 1 aromatic rings. The fraction of sp³-hybridized carbons (Fsp3) is 0.706. The number of nitrogens with one attached hydrogen (secondary N) is 2. The monoisotopic (exact) mass is 333 g/mol. The Hall–Kier alpha value is -1.73. The van der Waals surface area contributed by atoms with Crippen LogP contribution in [0.25, 0.3) is 0 Å². The van der Waals surface area contributed by atoms with Gasteiger partial charge < -0.3 is 15.2 Å². The van der Waals surface area contributed by atoms with Gasteiger partial charge in [0.05, 0.1) is 12.6 Å². The quantitative estimate of drug-likeness (QED) is 0.826. The van der Waals surface area contributed by atoms with E-state index in [2.05, 4.69) is 32.1 Å². The summed E-state index contributed by atoms with van der Waals surface area (Å²) in [4.78, 5) is 35.8. The summed E-state index contributed by atoms with van der Waals surface area (Å²) < 4.78 is 0. The molecule has 0 aromatic carbocycles. The van der Waals surface area contributed by atoms with Crippen molar-refractivity contribution >= 4 is 5.91 Å². The summed E-state index contributed by atoms with van der Waals surface area (Å²) in [5.41, 5.74) is 0.484.